The summed E-state index contributed by atoms with van der Waals surface area (Å²) in [4.78, 5) is 40.6. The van der Waals surface area contributed by atoms with Gasteiger partial charge in [-0.25, -0.2) is 13.2 Å². The Morgan fingerprint density at radius 1 is 0.943 bits per heavy atom. The zero-order valence-corrected chi connectivity index (χ0v) is 20.1. The number of hydrogen-bond donors (Lipinski definition) is 1. The molecular weight excluding hydrogens is 470 g/mol. The largest absolute Gasteiger partial charge is 0.452 e. The molecule has 2 heterocycles. The molecule has 35 heavy (non-hydrogen) atoms. The first-order valence-corrected chi connectivity index (χ1v) is 13.3. The lowest BCUT2D eigenvalue weighted by Gasteiger charge is -2.44. The van der Waals surface area contributed by atoms with E-state index in [0.717, 1.165) is 25.7 Å². The molecule has 2 fully saturated rings. The average Bonchev–Trinajstić information content (AvgIpc) is 3.57. The van der Waals surface area contributed by atoms with E-state index in [0.29, 0.717) is 37.3 Å². The quantitative estimate of drug-likeness (QED) is 0.636. The van der Waals surface area contributed by atoms with Crippen molar-refractivity contribution in [3.05, 3.63) is 54.1 Å². The van der Waals surface area contributed by atoms with Crippen molar-refractivity contribution in [2.45, 2.75) is 49.0 Å². The Labute approximate surface area is 204 Å². The molecular formula is C25H27N3O6S. The Morgan fingerprint density at radius 3 is 2.29 bits per heavy atom. The molecule has 1 saturated carbocycles. The van der Waals surface area contributed by atoms with E-state index in [-0.39, 0.29) is 16.4 Å². The third kappa shape index (κ3) is 4.10. The second kappa shape index (κ2) is 9.09. The molecule has 2 aliphatic heterocycles. The van der Waals surface area contributed by atoms with E-state index in [1.54, 1.807) is 24.3 Å². The van der Waals surface area contributed by atoms with Gasteiger partial charge in [0.05, 0.1) is 21.8 Å². The Balaban J connectivity index is 1.31. The van der Waals surface area contributed by atoms with Gasteiger partial charge in [0.25, 0.3) is 11.8 Å². The summed E-state index contributed by atoms with van der Waals surface area (Å²) in [6.45, 7) is 0.455. The van der Waals surface area contributed by atoms with Crippen molar-refractivity contribution in [1.29, 1.82) is 0 Å². The van der Waals surface area contributed by atoms with Crippen LogP contribution in [0.3, 0.4) is 0 Å². The van der Waals surface area contributed by atoms with Crippen molar-refractivity contribution < 1.29 is 27.5 Å². The van der Waals surface area contributed by atoms with Gasteiger partial charge in [0.1, 0.15) is 5.54 Å². The summed E-state index contributed by atoms with van der Waals surface area (Å²) in [5.74, 6) is -1.43. The second-order valence-electron chi connectivity index (χ2n) is 9.15. The van der Waals surface area contributed by atoms with Gasteiger partial charge in [-0.2, -0.15) is 4.31 Å². The molecule has 1 spiro atoms. The van der Waals surface area contributed by atoms with Crippen molar-refractivity contribution in [1.82, 2.24) is 4.31 Å². The van der Waals surface area contributed by atoms with E-state index in [1.807, 2.05) is 0 Å². The van der Waals surface area contributed by atoms with Crippen molar-refractivity contribution in [3.63, 3.8) is 0 Å². The van der Waals surface area contributed by atoms with Crippen LogP contribution in [0.1, 0.15) is 48.9 Å². The molecule has 0 radical (unpaired) electrons. The fourth-order valence-corrected chi connectivity index (χ4v) is 6.76. The maximum Gasteiger partial charge on any atom is 0.338 e. The second-order valence-corrected chi connectivity index (χ2v) is 11.1. The molecule has 0 unspecified atom stereocenters. The number of fused-ring (bicyclic) bond motifs is 1. The molecule has 9 nitrogen and oxygen atoms in total. The predicted molar refractivity (Wildman–Crippen MR) is 128 cm³/mol. The topological polar surface area (TPSA) is 113 Å². The first-order chi connectivity index (χ1) is 16.8. The number of ether oxygens (including phenoxy) is 1. The van der Waals surface area contributed by atoms with Gasteiger partial charge in [-0.1, -0.05) is 25.0 Å². The van der Waals surface area contributed by atoms with Crippen LogP contribution < -0.4 is 10.2 Å². The number of sulfonamides is 1. The smallest absolute Gasteiger partial charge is 0.338 e. The van der Waals surface area contributed by atoms with Crippen LogP contribution in [0.2, 0.25) is 0 Å². The van der Waals surface area contributed by atoms with Crippen LogP contribution in [0.25, 0.3) is 0 Å². The molecule has 1 N–H and O–H groups in total. The number of nitrogens with one attached hydrogen (secondary N) is 1. The Bertz CT molecular complexity index is 1260. The summed E-state index contributed by atoms with van der Waals surface area (Å²) in [5, 5.41) is 2.91. The number of anilines is 2. The summed E-state index contributed by atoms with van der Waals surface area (Å²) < 4.78 is 32.1. The normalized spacial score (nSPS) is 19.4. The van der Waals surface area contributed by atoms with Crippen LogP contribution in [-0.4, -0.2) is 55.7 Å². The number of carbonyl (C=O) groups is 3. The Morgan fingerprint density at radius 2 is 1.60 bits per heavy atom. The minimum Gasteiger partial charge on any atom is -0.452 e. The zero-order chi connectivity index (χ0) is 24.6. The van der Waals surface area contributed by atoms with E-state index in [2.05, 4.69) is 5.32 Å². The summed E-state index contributed by atoms with van der Waals surface area (Å²) in [6.07, 6.45) is 4.40. The van der Waals surface area contributed by atoms with Crippen LogP contribution >= 0.6 is 0 Å². The SMILES string of the molecule is O=C(OCC(=O)N1c2ccccc2NC(=O)C12CCCC2)c1ccc(S(=O)(=O)N2CCCC2)cc1. The molecule has 2 aromatic rings. The summed E-state index contributed by atoms with van der Waals surface area (Å²) in [5.41, 5.74) is 0.297. The fraction of sp³-hybridized carbons (Fsp3) is 0.400. The van der Waals surface area contributed by atoms with Crippen molar-refractivity contribution in [2.75, 3.05) is 29.9 Å². The van der Waals surface area contributed by atoms with Gasteiger partial charge >= 0.3 is 5.97 Å². The number of benzene rings is 2. The standard InChI is InChI=1S/C25H27N3O6S/c29-22(28-21-8-2-1-7-20(21)26-24(31)25(28)13-3-4-14-25)17-34-23(30)18-9-11-19(12-10-18)35(32,33)27-15-5-6-16-27/h1-2,7-12H,3-6,13-17H2,(H,26,31). The van der Waals surface area contributed by atoms with Gasteiger partial charge in [-0.05, 0) is 62.1 Å². The molecule has 184 valence electrons. The first-order valence-electron chi connectivity index (χ1n) is 11.8. The van der Waals surface area contributed by atoms with Crippen molar-refractivity contribution >= 4 is 39.2 Å². The molecule has 10 heteroatoms. The minimum atomic E-state index is -3.59. The van der Waals surface area contributed by atoms with Crippen molar-refractivity contribution in [2.24, 2.45) is 0 Å². The molecule has 1 aliphatic carbocycles. The van der Waals surface area contributed by atoms with Gasteiger partial charge in [0, 0.05) is 13.1 Å². The van der Waals surface area contributed by atoms with Gasteiger partial charge in [-0.15, -0.1) is 0 Å². The summed E-state index contributed by atoms with van der Waals surface area (Å²) >= 11 is 0. The highest BCUT2D eigenvalue weighted by atomic mass is 32.2. The van der Waals surface area contributed by atoms with Gasteiger partial charge in [-0.3, -0.25) is 14.5 Å². The number of nitrogens with zero attached hydrogens (tertiary/aromatic N) is 2. The molecule has 1 saturated heterocycles. The lowest BCUT2D eigenvalue weighted by molar-refractivity contribution is -0.129. The fourth-order valence-electron chi connectivity index (χ4n) is 5.24. The highest BCUT2D eigenvalue weighted by Gasteiger charge is 2.52. The Kier molecular flexibility index (Phi) is 6.10. The van der Waals surface area contributed by atoms with Gasteiger partial charge in [0.2, 0.25) is 10.0 Å². The third-order valence-electron chi connectivity index (χ3n) is 7.04. The van der Waals surface area contributed by atoms with E-state index >= 15 is 0 Å². The van der Waals surface area contributed by atoms with E-state index in [4.69, 9.17) is 4.74 Å². The van der Waals surface area contributed by atoms with E-state index in [9.17, 15) is 22.8 Å². The summed E-state index contributed by atoms with van der Waals surface area (Å²) in [7, 11) is -3.59. The van der Waals surface area contributed by atoms with Crippen LogP contribution in [0.5, 0.6) is 0 Å². The molecule has 0 atom stereocenters. The van der Waals surface area contributed by atoms with Crippen LogP contribution in [0.4, 0.5) is 11.4 Å². The molecule has 3 aliphatic rings. The lowest BCUT2D eigenvalue weighted by Crippen LogP contribution is -2.61. The molecule has 2 aromatic carbocycles. The van der Waals surface area contributed by atoms with Gasteiger partial charge < -0.3 is 10.1 Å². The summed E-state index contributed by atoms with van der Waals surface area (Å²) in [6, 6.07) is 12.6. The number of amides is 2. The number of hydrogen-bond acceptors (Lipinski definition) is 6. The first kappa shape index (κ1) is 23.5. The highest BCUT2D eigenvalue weighted by molar-refractivity contribution is 7.89. The highest BCUT2D eigenvalue weighted by Crippen LogP contribution is 2.45. The van der Waals surface area contributed by atoms with Crippen LogP contribution in [0.15, 0.2) is 53.4 Å². The lowest BCUT2D eigenvalue weighted by atomic mass is 9.90. The number of rotatable bonds is 5. The monoisotopic (exact) mass is 497 g/mol. The maximum atomic E-state index is 13.3. The third-order valence-corrected chi connectivity index (χ3v) is 8.96. The number of carbonyl (C=O) groups excluding carboxylic acids is 3. The molecule has 2 amide bonds. The minimum absolute atomic E-state index is 0.117. The average molecular weight is 498 g/mol. The van der Waals surface area contributed by atoms with Crippen LogP contribution in [0, 0.1) is 0 Å². The Hall–Kier alpha value is -3.24. The van der Waals surface area contributed by atoms with E-state index in [1.165, 1.54) is 33.5 Å². The zero-order valence-electron chi connectivity index (χ0n) is 19.2. The van der Waals surface area contributed by atoms with Crippen LogP contribution in [-0.2, 0) is 24.3 Å². The predicted octanol–water partition coefficient (Wildman–Crippen LogP) is 2.93. The van der Waals surface area contributed by atoms with E-state index < -0.39 is 34.0 Å². The molecule has 5 rings (SSSR count). The van der Waals surface area contributed by atoms with Gasteiger partial charge in [0.15, 0.2) is 6.61 Å². The number of para-hydroxylation sites is 2. The molecule has 0 aromatic heterocycles. The maximum absolute atomic E-state index is 13.3. The molecule has 0 bridgehead atoms. The van der Waals surface area contributed by atoms with Crippen molar-refractivity contribution in [3.8, 4) is 0 Å². The number of esters is 1.